The smallest absolute Gasteiger partial charge is 0.401 e. The van der Waals surface area contributed by atoms with Crippen LogP contribution >= 0.6 is 0 Å². The van der Waals surface area contributed by atoms with Crippen molar-refractivity contribution in [2.45, 2.75) is 6.05 Å². The van der Waals surface area contributed by atoms with Crippen LogP contribution in [0.2, 0.25) is 0 Å². The van der Waals surface area contributed by atoms with Gasteiger partial charge in [0.25, 0.3) is 0 Å². The Morgan fingerprint density at radius 2 is 2.17 bits per heavy atom. The Morgan fingerprint density at radius 1 is 1.50 bits per heavy atom. The Hall–Kier alpha value is -0.275. The van der Waals surface area contributed by atoms with Gasteiger partial charge in [0.2, 0.25) is 0 Å². The van der Waals surface area contributed by atoms with Gasteiger partial charge >= 0.3 is 13.4 Å². The van der Waals surface area contributed by atoms with E-state index in [4.69, 9.17) is 10.0 Å². The molecule has 70 valence electrons. The molecule has 0 amide bonds. The number of rotatable bonds is 2. The third-order valence-corrected chi connectivity index (χ3v) is 1.30. The summed E-state index contributed by atoms with van der Waals surface area (Å²) >= 11 is 0. The van der Waals surface area contributed by atoms with Gasteiger partial charge in [0.05, 0.1) is 13.2 Å². The molecule has 0 saturated carbocycles. The maximum atomic E-state index is 12.7. The van der Waals surface area contributed by atoms with E-state index in [1.807, 2.05) is 0 Å². The first-order chi connectivity index (χ1) is 5.52. The fraction of sp³-hybridized carbons (Fsp3) is 1.00. The Kier molecular flexibility index (Phi) is 2.96. The van der Waals surface area contributed by atoms with Crippen LogP contribution in [0, 0.1) is 0 Å². The second-order valence-corrected chi connectivity index (χ2v) is 2.25. The van der Waals surface area contributed by atoms with Crippen LogP contribution in [0.15, 0.2) is 0 Å². The maximum absolute atomic E-state index is 12.7. The lowest BCUT2D eigenvalue weighted by Crippen LogP contribution is -2.53. The van der Waals surface area contributed by atoms with Gasteiger partial charge in [-0.25, -0.2) is 0 Å². The van der Waals surface area contributed by atoms with Gasteiger partial charge in [-0.3, -0.25) is 4.76 Å². The minimum Gasteiger partial charge on any atom is -0.401 e. The van der Waals surface area contributed by atoms with E-state index in [-0.39, 0.29) is 18.2 Å². The Labute approximate surface area is 67.6 Å². The summed E-state index contributed by atoms with van der Waals surface area (Å²) in [4.78, 5) is 0. The molecule has 1 aliphatic rings. The summed E-state index contributed by atoms with van der Waals surface area (Å²) in [5, 5.41) is 16.7. The van der Waals surface area contributed by atoms with E-state index in [0.717, 1.165) is 0 Å². The maximum Gasteiger partial charge on any atom is 0.651 e. The molecule has 0 aromatic heterocycles. The monoisotopic (exact) mass is 183 g/mol. The zero-order chi connectivity index (χ0) is 9.19. The van der Waals surface area contributed by atoms with Crippen molar-refractivity contribution in [3.05, 3.63) is 0 Å². The van der Waals surface area contributed by atoms with Gasteiger partial charge in [-0.2, -0.15) is 8.78 Å². The van der Waals surface area contributed by atoms with Gasteiger partial charge in [-0.1, -0.05) is 0 Å². The molecule has 0 aromatic carbocycles. The van der Waals surface area contributed by atoms with Crippen molar-refractivity contribution in [3.8, 4) is 0 Å². The minimum absolute atomic E-state index is 0.0717. The zero-order valence-corrected chi connectivity index (χ0v) is 6.11. The summed E-state index contributed by atoms with van der Waals surface area (Å²) in [6.45, 7) is -0.938. The number of alkyl halides is 2. The molecular weight excluding hydrogens is 175 g/mol. The van der Waals surface area contributed by atoms with Crippen molar-refractivity contribution in [3.63, 3.8) is 0 Å². The average Bonchev–Trinajstić information content (AvgIpc) is 1.92. The van der Waals surface area contributed by atoms with Crippen LogP contribution in [0.3, 0.4) is 0 Å². The third-order valence-electron chi connectivity index (χ3n) is 1.30. The van der Waals surface area contributed by atoms with Crippen LogP contribution in [0.1, 0.15) is 0 Å². The highest BCUT2D eigenvalue weighted by Crippen LogP contribution is 2.23. The summed E-state index contributed by atoms with van der Waals surface area (Å²) in [6, 6.07) is -3.30. The Balaban J connectivity index is 2.48. The third kappa shape index (κ3) is 2.36. The van der Waals surface area contributed by atoms with E-state index in [1.165, 1.54) is 0 Å². The van der Waals surface area contributed by atoms with Crippen molar-refractivity contribution in [2.24, 2.45) is 0 Å². The summed E-state index contributed by atoms with van der Waals surface area (Å²) < 4.78 is 33.8. The fourth-order valence-corrected chi connectivity index (χ4v) is 0.822. The summed E-state index contributed by atoms with van der Waals surface area (Å²) in [6.07, 6.45) is 0. The number of nitrogens with zero attached hydrogens (tertiary/aromatic N) is 1. The molecule has 12 heavy (non-hydrogen) atoms. The summed E-state index contributed by atoms with van der Waals surface area (Å²) in [7, 11) is -2.23. The van der Waals surface area contributed by atoms with Crippen molar-refractivity contribution in [1.29, 1.82) is 0 Å². The van der Waals surface area contributed by atoms with Crippen LogP contribution in [0.4, 0.5) is 8.78 Å². The highest BCUT2D eigenvalue weighted by atomic mass is 19.3. The molecule has 2 N–H and O–H groups in total. The molecule has 1 saturated heterocycles. The fourth-order valence-electron chi connectivity index (χ4n) is 0.822. The Bertz CT molecular complexity index is 158. The van der Waals surface area contributed by atoms with E-state index >= 15 is 0 Å². The highest BCUT2D eigenvalue weighted by molar-refractivity contribution is 6.32. The van der Waals surface area contributed by atoms with Gasteiger partial charge in [-0.15, -0.1) is 5.06 Å². The average molecular weight is 183 g/mol. The van der Waals surface area contributed by atoms with E-state index < -0.39 is 20.0 Å². The predicted octanol–water partition coefficient (Wildman–Crippen LogP) is -1.19. The summed E-state index contributed by atoms with van der Waals surface area (Å²) in [5.74, 6) is 0. The van der Waals surface area contributed by atoms with Crippen LogP contribution in [-0.2, 0) is 9.49 Å². The van der Waals surface area contributed by atoms with Crippen molar-refractivity contribution < 1.29 is 28.3 Å². The van der Waals surface area contributed by atoms with Crippen LogP contribution in [-0.4, -0.2) is 48.2 Å². The second-order valence-electron chi connectivity index (χ2n) is 2.25. The van der Waals surface area contributed by atoms with Crippen molar-refractivity contribution >= 4 is 7.32 Å². The van der Waals surface area contributed by atoms with E-state index in [0.29, 0.717) is 0 Å². The van der Waals surface area contributed by atoms with Gasteiger partial charge < -0.3 is 14.8 Å². The van der Waals surface area contributed by atoms with Crippen molar-refractivity contribution in [2.75, 3.05) is 19.8 Å². The molecular formula is C4H8BF2NO4. The predicted molar refractivity (Wildman–Crippen MR) is 33.7 cm³/mol. The number of ether oxygens (including phenoxy) is 1. The number of halogens is 2. The molecule has 1 rings (SSSR count). The highest BCUT2D eigenvalue weighted by Gasteiger charge is 2.43. The number of hydrogen-bond donors (Lipinski definition) is 2. The quantitative estimate of drug-likeness (QED) is 0.416. The molecule has 1 heterocycles. The molecule has 8 heteroatoms. The first-order valence-corrected chi connectivity index (χ1v) is 3.28. The topological polar surface area (TPSA) is 62.2 Å². The van der Waals surface area contributed by atoms with E-state index in [9.17, 15) is 8.78 Å². The van der Waals surface area contributed by atoms with Gasteiger partial charge in [0.15, 0.2) is 0 Å². The van der Waals surface area contributed by atoms with Crippen LogP contribution in [0.5, 0.6) is 0 Å². The second kappa shape index (κ2) is 3.63. The molecule has 0 atom stereocenters. The molecule has 0 unspecified atom stereocenters. The molecule has 0 spiro atoms. The number of morpholine rings is 1. The zero-order valence-electron chi connectivity index (χ0n) is 6.11. The van der Waals surface area contributed by atoms with Crippen molar-refractivity contribution in [1.82, 2.24) is 5.06 Å². The standard InChI is InChI=1S/C4H8BF2NO4/c6-4(7)3-11-2-1-8(4)12-5(9)10/h9-10H,1-3H2. The minimum atomic E-state index is -3.30. The van der Waals surface area contributed by atoms with Crippen LogP contribution < -0.4 is 0 Å². The first kappa shape index (κ1) is 9.81. The number of hydroxylamine groups is 2. The molecule has 0 radical (unpaired) electrons. The lowest BCUT2D eigenvalue weighted by molar-refractivity contribution is -0.324. The van der Waals surface area contributed by atoms with Gasteiger partial charge in [0.1, 0.15) is 6.61 Å². The molecule has 0 aromatic rings. The van der Waals surface area contributed by atoms with E-state index in [1.54, 1.807) is 0 Å². The first-order valence-electron chi connectivity index (χ1n) is 3.28. The lowest BCUT2D eigenvalue weighted by atomic mass is 10.3. The molecule has 0 bridgehead atoms. The Morgan fingerprint density at radius 3 is 2.67 bits per heavy atom. The van der Waals surface area contributed by atoms with Gasteiger partial charge in [-0.05, 0) is 0 Å². The van der Waals surface area contributed by atoms with Crippen LogP contribution in [0.25, 0.3) is 0 Å². The normalized spacial score (nSPS) is 24.0. The SMILES string of the molecule is OB(O)ON1CCOCC1(F)F. The molecule has 1 fully saturated rings. The van der Waals surface area contributed by atoms with Gasteiger partial charge in [0, 0.05) is 0 Å². The largest absolute Gasteiger partial charge is 0.651 e. The van der Waals surface area contributed by atoms with E-state index in [2.05, 4.69) is 9.49 Å². The summed E-state index contributed by atoms with van der Waals surface area (Å²) in [5.41, 5.74) is 0. The number of hydrogen-bond acceptors (Lipinski definition) is 5. The lowest BCUT2D eigenvalue weighted by Gasteiger charge is -2.33. The molecule has 0 aliphatic carbocycles. The molecule has 1 aliphatic heterocycles. The molecule has 5 nitrogen and oxygen atoms in total.